The number of rotatable bonds is 10. The molecule has 0 radical (unpaired) electrons. The zero-order chi connectivity index (χ0) is 22.9. The van der Waals surface area contributed by atoms with Gasteiger partial charge in [0.2, 0.25) is 11.8 Å². The molecule has 4 rings (SSSR count). The second-order valence-electron chi connectivity index (χ2n) is 7.83. The quantitative estimate of drug-likeness (QED) is 0.288. The van der Waals surface area contributed by atoms with E-state index in [2.05, 4.69) is 19.9 Å². The van der Waals surface area contributed by atoms with Gasteiger partial charge < -0.3 is 9.47 Å². The van der Waals surface area contributed by atoms with E-state index in [4.69, 9.17) is 9.47 Å². The van der Waals surface area contributed by atoms with Crippen molar-refractivity contribution in [3.63, 3.8) is 0 Å². The van der Waals surface area contributed by atoms with Crippen molar-refractivity contribution in [2.24, 2.45) is 0 Å². The standard InChI is InChI=1S/C27H28N4O2/c1-20-18-24(30-26(28-20)22-12-6-3-7-13-22)32-16-10-5-11-17-33-25-19-21(2)29-27(31-25)23-14-8-4-9-15-23/h3-4,6-9,12-15,18-19H,5,10-11,16-17H2,1-2H3. The van der Waals surface area contributed by atoms with E-state index in [0.29, 0.717) is 36.6 Å². The molecule has 0 saturated carbocycles. The van der Waals surface area contributed by atoms with Gasteiger partial charge in [-0.1, -0.05) is 60.7 Å². The Hall–Kier alpha value is -3.80. The Morgan fingerprint density at radius 1 is 0.545 bits per heavy atom. The number of aromatic nitrogens is 4. The molecule has 0 unspecified atom stereocenters. The molecule has 6 nitrogen and oxygen atoms in total. The topological polar surface area (TPSA) is 70.0 Å². The van der Waals surface area contributed by atoms with E-state index < -0.39 is 0 Å². The third kappa shape index (κ3) is 6.59. The zero-order valence-electron chi connectivity index (χ0n) is 19.1. The lowest BCUT2D eigenvalue weighted by Crippen LogP contribution is -2.04. The van der Waals surface area contributed by atoms with Gasteiger partial charge in [-0.2, -0.15) is 9.97 Å². The van der Waals surface area contributed by atoms with Gasteiger partial charge in [0.25, 0.3) is 0 Å². The summed E-state index contributed by atoms with van der Waals surface area (Å²) in [6.45, 7) is 5.12. The second kappa shape index (κ2) is 11.2. The highest BCUT2D eigenvalue weighted by molar-refractivity contribution is 5.56. The van der Waals surface area contributed by atoms with Crippen molar-refractivity contribution < 1.29 is 9.47 Å². The van der Waals surface area contributed by atoms with Gasteiger partial charge in [-0.05, 0) is 33.1 Å². The summed E-state index contributed by atoms with van der Waals surface area (Å²) >= 11 is 0. The number of hydrogen-bond donors (Lipinski definition) is 0. The molecule has 2 aromatic heterocycles. The number of benzene rings is 2. The molecule has 0 aliphatic carbocycles. The minimum Gasteiger partial charge on any atom is -0.478 e. The predicted molar refractivity (Wildman–Crippen MR) is 129 cm³/mol. The fourth-order valence-electron chi connectivity index (χ4n) is 3.39. The Morgan fingerprint density at radius 2 is 0.970 bits per heavy atom. The van der Waals surface area contributed by atoms with Crippen LogP contribution < -0.4 is 9.47 Å². The van der Waals surface area contributed by atoms with Gasteiger partial charge in [-0.3, -0.25) is 0 Å². The first-order valence-corrected chi connectivity index (χ1v) is 11.3. The molecule has 6 heteroatoms. The van der Waals surface area contributed by atoms with E-state index in [1.54, 1.807) is 0 Å². The number of aryl methyl sites for hydroxylation is 2. The molecule has 0 saturated heterocycles. The number of unbranched alkanes of at least 4 members (excludes halogenated alkanes) is 2. The highest BCUT2D eigenvalue weighted by atomic mass is 16.5. The van der Waals surface area contributed by atoms with E-state index in [1.807, 2.05) is 86.6 Å². The summed E-state index contributed by atoms with van der Waals surface area (Å²) in [6, 6.07) is 23.6. The van der Waals surface area contributed by atoms with Crippen LogP contribution in [0, 0.1) is 13.8 Å². The number of ether oxygens (including phenoxy) is 2. The van der Waals surface area contributed by atoms with Crippen molar-refractivity contribution in [3.8, 4) is 34.5 Å². The Kier molecular flexibility index (Phi) is 7.59. The van der Waals surface area contributed by atoms with Gasteiger partial charge in [0, 0.05) is 34.6 Å². The zero-order valence-corrected chi connectivity index (χ0v) is 19.1. The molecule has 0 atom stereocenters. The summed E-state index contributed by atoms with van der Waals surface area (Å²) in [4.78, 5) is 18.1. The normalized spacial score (nSPS) is 10.7. The summed E-state index contributed by atoms with van der Waals surface area (Å²) in [5.74, 6) is 2.60. The van der Waals surface area contributed by atoms with Crippen LogP contribution in [0.4, 0.5) is 0 Å². The Bertz CT molecular complexity index is 1070. The van der Waals surface area contributed by atoms with Crippen LogP contribution in [0.1, 0.15) is 30.7 Å². The molecule has 0 amide bonds. The van der Waals surface area contributed by atoms with E-state index in [1.165, 1.54) is 0 Å². The lowest BCUT2D eigenvalue weighted by molar-refractivity contribution is 0.269. The first-order chi connectivity index (χ1) is 16.2. The summed E-state index contributed by atoms with van der Waals surface area (Å²) in [6.07, 6.45) is 2.83. The molecule has 0 aliphatic heterocycles. The number of hydrogen-bond acceptors (Lipinski definition) is 6. The second-order valence-corrected chi connectivity index (χ2v) is 7.83. The molecule has 0 spiro atoms. The monoisotopic (exact) mass is 440 g/mol. The Labute approximate surface area is 194 Å². The molecule has 0 fully saturated rings. The molecule has 0 aliphatic rings. The molecule has 0 N–H and O–H groups in total. The average molecular weight is 441 g/mol. The summed E-state index contributed by atoms with van der Waals surface area (Å²) in [5, 5.41) is 0. The molecule has 33 heavy (non-hydrogen) atoms. The maximum Gasteiger partial charge on any atom is 0.217 e. The van der Waals surface area contributed by atoms with Gasteiger partial charge in [0.05, 0.1) is 13.2 Å². The van der Waals surface area contributed by atoms with Crippen LogP contribution in [-0.2, 0) is 0 Å². The SMILES string of the molecule is Cc1cc(OCCCCCOc2cc(C)nc(-c3ccccc3)n2)nc(-c2ccccc2)n1. The van der Waals surface area contributed by atoms with E-state index >= 15 is 0 Å². The van der Waals surface area contributed by atoms with Gasteiger partial charge in [0.15, 0.2) is 11.6 Å². The number of nitrogens with zero attached hydrogens (tertiary/aromatic N) is 4. The largest absolute Gasteiger partial charge is 0.478 e. The van der Waals surface area contributed by atoms with Crippen molar-refractivity contribution in [1.29, 1.82) is 0 Å². The van der Waals surface area contributed by atoms with Crippen molar-refractivity contribution in [3.05, 3.63) is 84.2 Å². The minimum absolute atomic E-state index is 0.607. The molecular formula is C27H28N4O2. The first-order valence-electron chi connectivity index (χ1n) is 11.3. The lowest BCUT2D eigenvalue weighted by Gasteiger charge is -2.09. The minimum atomic E-state index is 0.607. The van der Waals surface area contributed by atoms with E-state index in [-0.39, 0.29) is 0 Å². The van der Waals surface area contributed by atoms with Crippen molar-refractivity contribution >= 4 is 0 Å². The van der Waals surface area contributed by atoms with Crippen molar-refractivity contribution in [2.75, 3.05) is 13.2 Å². The summed E-state index contributed by atoms with van der Waals surface area (Å²) in [7, 11) is 0. The van der Waals surface area contributed by atoms with Crippen LogP contribution in [0.5, 0.6) is 11.8 Å². The fraction of sp³-hybridized carbons (Fsp3) is 0.259. The summed E-state index contributed by atoms with van der Waals surface area (Å²) < 4.78 is 11.8. The van der Waals surface area contributed by atoms with Crippen molar-refractivity contribution in [1.82, 2.24) is 19.9 Å². The molecular weight excluding hydrogens is 412 g/mol. The molecule has 0 bridgehead atoms. The average Bonchev–Trinajstić information content (AvgIpc) is 2.84. The van der Waals surface area contributed by atoms with Crippen LogP contribution in [0.2, 0.25) is 0 Å². The van der Waals surface area contributed by atoms with E-state index in [0.717, 1.165) is 41.8 Å². The van der Waals surface area contributed by atoms with Gasteiger partial charge in [0.1, 0.15) is 0 Å². The van der Waals surface area contributed by atoms with Gasteiger partial charge >= 0.3 is 0 Å². The third-order valence-electron chi connectivity index (χ3n) is 5.01. The van der Waals surface area contributed by atoms with Crippen LogP contribution in [0.25, 0.3) is 22.8 Å². The molecule has 2 heterocycles. The molecule has 4 aromatic rings. The summed E-state index contributed by atoms with van der Waals surface area (Å²) in [5.41, 5.74) is 3.75. The van der Waals surface area contributed by atoms with Gasteiger partial charge in [-0.25, -0.2) is 9.97 Å². The van der Waals surface area contributed by atoms with Crippen LogP contribution in [0.3, 0.4) is 0 Å². The maximum atomic E-state index is 5.88. The highest BCUT2D eigenvalue weighted by Gasteiger charge is 2.07. The smallest absolute Gasteiger partial charge is 0.217 e. The molecule has 2 aromatic carbocycles. The lowest BCUT2D eigenvalue weighted by atomic mass is 10.2. The van der Waals surface area contributed by atoms with Crippen LogP contribution in [0.15, 0.2) is 72.8 Å². The third-order valence-corrected chi connectivity index (χ3v) is 5.01. The fourth-order valence-corrected chi connectivity index (χ4v) is 3.39. The maximum absolute atomic E-state index is 5.88. The Balaban J connectivity index is 1.21. The molecule has 168 valence electrons. The van der Waals surface area contributed by atoms with Gasteiger partial charge in [-0.15, -0.1) is 0 Å². The first kappa shape index (κ1) is 22.4. The van der Waals surface area contributed by atoms with Crippen LogP contribution in [-0.4, -0.2) is 33.1 Å². The van der Waals surface area contributed by atoms with E-state index in [9.17, 15) is 0 Å². The Morgan fingerprint density at radius 3 is 1.39 bits per heavy atom. The highest BCUT2D eigenvalue weighted by Crippen LogP contribution is 2.20. The van der Waals surface area contributed by atoms with Crippen LogP contribution >= 0.6 is 0 Å². The van der Waals surface area contributed by atoms with Crippen molar-refractivity contribution in [2.45, 2.75) is 33.1 Å². The predicted octanol–water partition coefficient (Wildman–Crippen LogP) is 5.85.